The van der Waals surface area contributed by atoms with E-state index >= 15 is 0 Å². The Morgan fingerprint density at radius 2 is 2.17 bits per heavy atom. The number of likely N-dealkylation sites (N-methyl/N-ethyl adjacent to an activating group) is 1. The third-order valence-corrected chi connectivity index (χ3v) is 4.16. The van der Waals surface area contributed by atoms with Gasteiger partial charge in [-0.3, -0.25) is 0 Å². The SMILES string of the molecule is CNC(Cc1ccc(C)c(C)c1)C1CCCOC1. The molecule has 0 saturated carbocycles. The summed E-state index contributed by atoms with van der Waals surface area (Å²) in [5, 5.41) is 3.47. The Balaban J connectivity index is 2.02. The first-order valence-electron chi connectivity index (χ1n) is 7.02. The molecule has 1 aromatic rings. The van der Waals surface area contributed by atoms with Gasteiger partial charge in [0.05, 0.1) is 6.61 Å². The van der Waals surface area contributed by atoms with Crippen molar-refractivity contribution in [1.29, 1.82) is 0 Å². The van der Waals surface area contributed by atoms with E-state index in [9.17, 15) is 0 Å². The third kappa shape index (κ3) is 3.33. The molecule has 2 heteroatoms. The summed E-state index contributed by atoms with van der Waals surface area (Å²) in [4.78, 5) is 0. The van der Waals surface area contributed by atoms with Gasteiger partial charge in [-0.15, -0.1) is 0 Å². The van der Waals surface area contributed by atoms with E-state index in [1.54, 1.807) is 0 Å². The zero-order valence-corrected chi connectivity index (χ0v) is 11.8. The molecule has 0 radical (unpaired) electrons. The molecule has 100 valence electrons. The third-order valence-electron chi connectivity index (χ3n) is 4.16. The summed E-state index contributed by atoms with van der Waals surface area (Å²) < 4.78 is 5.61. The minimum Gasteiger partial charge on any atom is -0.381 e. The number of hydrogen-bond donors (Lipinski definition) is 1. The van der Waals surface area contributed by atoms with Crippen molar-refractivity contribution in [3.05, 3.63) is 34.9 Å². The lowest BCUT2D eigenvalue weighted by Crippen LogP contribution is -2.39. The molecule has 0 aliphatic carbocycles. The lowest BCUT2D eigenvalue weighted by molar-refractivity contribution is 0.0405. The van der Waals surface area contributed by atoms with Crippen molar-refractivity contribution in [2.75, 3.05) is 20.3 Å². The van der Waals surface area contributed by atoms with Crippen LogP contribution in [0.25, 0.3) is 0 Å². The molecule has 2 nitrogen and oxygen atoms in total. The summed E-state index contributed by atoms with van der Waals surface area (Å²) in [7, 11) is 2.07. The molecule has 1 aliphatic heterocycles. The second kappa shape index (κ2) is 6.35. The fraction of sp³-hybridized carbons (Fsp3) is 0.625. The number of hydrogen-bond acceptors (Lipinski definition) is 2. The maximum absolute atomic E-state index is 5.61. The summed E-state index contributed by atoms with van der Waals surface area (Å²) in [5.74, 6) is 0.658. The van der Waals surface area contributed by atoms with Gasteiger partial charge in [0.2, 0.25) is 0 Å². The second-order valence-corrected chi connectivity index (χ2v) is 5.50. The van der Waals surface area contributed by atoms with Crippen LogP contribution in [0.5, 0.6) is 0 Å². The van der Waals surface area contributed by atoms with Crippen LogP contribution in [-0.4, -0.2) is 26.3 Å². The quantitative estimate of drug-likeness (QED) is 0.883. The van der Waals surface area contributed by atoms with E-state index in [-0.39, 0.29) is 0 Å². The van der Waals surface area contributed by atoms with Crippen molar-refractivity contribution in [1.82, 2.24) is 5.32 Å². The molecule has 1 heterocycles. The molecule has 0 spiro atoms. The fourth-order valence-electron chi connectivity index (χ4n) is 2.77. The van der Waals surface area contributed by atoms with Gasteiger partial charge < -0.3 is 10.1 Å². The molecular formula is C16H25NO. The van der Waals surface area contributed by atoms with E-state index in [4.69, 9.17) is 4.74 Å². The minimum atomic E-state index is 0.535. The van der Waals surface area contributed by atoms with E-state index in [1.165, 1.54) is 29.5 Å². The van der Waals surface area contributed by atoms with Gasteiger partial charge in [0, 0.05) is 12.6 Å². The average molecular weight is 247 g/mol. The van der Waals surface area contributed by atoms with Gasteiger partial charge in [0.15, 0.2) is 0 Å². The molecule has 0 amide bonds. The van der Waals surface area contributed by atoms with Gasteiger partial charge in [0.1, 0.15) is 0 Å². The van der Waals surface area contributed by atoms with Crippen LogP contribution >= 0.6 is 0 Å². The van der Waals surface area contributed by atoms with Gasteiger partial charge >= 0.3 is 0 Å². The zero-order valence-electron chi connectivity index (χ0n) is 11.8. The highest BCUT2D eigenvalue weighted by atomic mass is 16.5. The van der Waals surface area contributed by atoms with Gasteiger partial charge in [-0.05, 0) is 62.8 Å². The Kier molecular flexibility index (Phi) is 4.79. The highest BCUT2D eigenvalue weighted by Gasteiger charge is 2.23. The van der Waals surface area contributed by atoms with Crippen LogP contribution in [0, 0.1) is 19.8 Å². The Bertz CT molecular complexity index is 383. The van der Waals surface area contributed by atoms with Crippen molar-refractivity contribution in [2.45, 2.75) is 39.2 Å². The van der Waals surface area contributed by atoms with Crippen LogP contribution in [0.15, 0.2) is 18.2 Å². The number of benzene rings is 1. The summed E-state index contributed by atoms with van der Waals surface area (Å²) in [5.41, 5.74) is 4.20. The maximum atomic E-state index is 5.61. The molecule has 0 bridgehead atoms. The number of rotatable bonds is 4. The van der Waals surface area contributed by atoms with Crippen LogP contribution in [0.1, 0.15) is 29.5 Å². The van der Waals surface area contributed by atoms with Crippen LogP contribution in [0.4, 0.5) is 0 Å². The van der Waals surface area contributed by atoms with E-state index in [0.29, 0.717) is 12.0 Å². The lowest BCUT2D eigenvalue weighted by Gasteiger charge is -2.30. The monoisotopic (exact) mass is 247 g/mol. The first-order chi connectivity index (χ1) is 8.70. The molecule has 1 aromatic carbocycles. The van der Waals surface area contributed by atoms with Gasteiger partial charge in [0.25, 0.3) is 0 Å². The van der Waals surface area contributed by atoms with E-state index in [0.717, 1.165) is 19.6 Å². The maximum Gasteiger partial charge on any atom is 0.0509 e. The molecular weight excluding hydrogens is 222 g/mol. The molecule has 1 aliphatic rings. The molecule has 2 unspecified atom stereocenters. The zero-order chi connectivity index (χ0) is 13.0. The summed E-state index contributed by atoms with van der Waals surface area (Å²) in [6.45, 7) is 6.22. The van der Waals surface area contributed by atoms with E-state index in [1.807, 2.05) is 0 Å². The Morgan fingerprint density at radius 3 is 2.78 bits per heavy atom. The molecule has 1 fully saturated rings. The number of ether oxygens (including phenoxy) is 1. The van der Waals surface area contributed by atoms with Gasteiger partial charge in [-0.25, -0.2) is 0 Å². The second-order valence-electron chi connectivity index (χ2n) is 5.50. The minimum absolute atomic E-state index is 0.535. The summed E-state index contributed by atoms with van der Waals surface area (Å²) >= 11 is 0. The lowest BCUT2D eigenvalue weighted by atomic mass is 9.89. The van der Waals surface area contributed by atoms with E-state index in [2.05, 4.69) is 44.4 Å². The average Bonchev–Trinajstić information content (AvgIpc) is 2.41. The predicted octanol–water partition coefficient (Wildman–Crippen LogP) is 2.86. The largest absolute Gasteiger partial charge is 0.381 e. The summed E-state index contributed by atoms with van der Waals surface area (Å²) in [6, 6.07) is 7.35. The first-order valence-corrected chi connectivity index (χ1v) is 7.02. The molecule has 2 rings (SSSR count). The van der Waals surface area contributed by atoms with Crippen LogP contribution in [0.2, 0.25) is 0 Å². The number of nitrogens with one attached hydrogen (secondary N) is 1. The fourth-order valence-corrected chi connectivity index (χ4v) is 2.77. The summed E-state index contributed by atoms with van der Waals surface area (Å²) in [6.07, 6.45) is 3.60. The smallest absolute Gasteiger partial charge is 0.0509 e. The van der Waals surface area contributed by atoms with Crippen LogP contribution in [-0.2, 0) is 11.2 Å². The molecule has 0 aromatic heterocycles. The molecule has 2 atom stereocenters. The molecule has 18 heavy (non-hydrogen) atoms. The normalized spacial score (nSPS) is 21.8. The highest BCUT2D eigenvalue weighted by Crippen LogP contribution is 2.21. The van der Waals surface area contributed by atoms with Crippen LogP contribution in [0.3, 0.4) is 0 Å². The predicted molar refractivity (Wildman–Crippen MR) is 76.0 cm³/mol. The Hall–Kier alpha value is -0.860. The molecule has 1 N–H and O–H groups in total. The standard InChI is InChI=1S/C16H25NO/c1-12-6-7-14(9-13(12)2)10-16(17-3)15-5-4-8-18-11-15/h6-7,9,15-17H,4-5,8,10-11H2,1-3H3. The Labute approximate surface area is 111 Å². The topological polar surface area (TPSA) is 21.3 Å². The van der Waals surface area contributed by atoms with Crippen molar-refractivity contribution >= 4 is 0 Å². The van der Waals surface area contributed by atoms with Crippen molar-refractivity contribution in [3.63, 3.8) is 0 Å². The Morgan fingerprint density at radius 1 is 1.33 bits per heavy atom. The van der Waals surface area contributed by atoms with Gasteiger partial charge in [-0.2, -0.15) is 0 Å². The highest BCUT2D eigenvalue weighted by molar-refractivity contribution is 5.30. The van der Waals surface area contributed by atoms with Crippen LogP contribution < -0.4 is 5.32 Å². The van der Waals surface area contributed by atoms with Crippen molar-refractivity contribution < 1.29 is 4.74 Å². The van der Waals surface area contributed by atoms with Gasteiger partial charge in [-0.1, -0.05) is 18.2 Å². The van der Waals surface area contributed by atoms with E-state index < -0.39 is 0 Å². The van der Waals surface area contributed by atoms with Crippen molar-refractivity contribution in [3.8, 4) is 0 Å². The first kappa shape index (κ1) is 13.6. The van der Waals surface area contributed by atoms with Crippen molar-refractivity contribution in [2.24, 2.45) is 5.92 Å². The number of aryl methyl sites for hydroxylation is 2. The molecule has 1 saturated heterocycles.